The maximum absolute atomic E-state index is 8.33. The van der Waals surface area contributed by atoms with Gasteiger partial charge in [0.05, 0.1) is 0 Å². The first-order valence-corrected chi connectivity index (χ1v) is 0.612. The predicted molar refractivity (Wildman–Crippen MR) is 13.1 cm³/mol. The summed E-state index contributed by atoms with van der Waals surface area (Å²) in [6, 6.07) is 0. The first-order chi connectivity index (χ1) is 1.73. The van der Waals surface area contributed by atoms with Crippen LogP contribution in [-0.2, 0) is 0 Å². The van der Waals surface area contributed by atoms with Gasteiger partial charge in [-0.25, -0.2) is 0 Å². The number of hydrogen-bond donors (Lipinski definition) is 0. The zero-order valence-electron chi connectivity index (χ0n) is 2.88. The van der Waals surface area contributed by atoms with E-state index < -0.39 is 6.16 Å². The predicted octanol–water partition coefficient (Wildman–Crippen LogP) is -3.00. The van der Waals surface area contributed by atoms with Crippen LogP contribution >= 0.6 is 0 Å². The molecule has 0 aliphatic carbocycles. The molecule has 0 atom stereocenters. The molecular weight excluding hydrogens is 116 g/mol. The molecule has 32 valence electrons. The van der Waals surface area contributed by atoms with Gasteiger partial charge in [0.1, 0.15) is 0 Å². The third-order valence-electron chi connectivity index (χ3n) is 0. The third kappa shape index (κ3) is 228. The summed E-state index contributed by atoms with van der Waals surface area (Å²) >= 11 is 0. The molecule has 0 aromatic rings. The number of rotatable bonds is 0. The van der Waals surface area contributed by atoms with Crippen LogP contribution in [0.3, 0.4) is 0 Å². The quantitative estimate of drug-likeness (QED) is 0.316. The van der Waals surface area contributed by atoms with Crippen LogP contribution in [0.1, 0.15) is 0 Å². The average Bonchev–Trinajstić information content (AvgIpc) is 0.811. The van der Waals surface area contributed by atoms with E-state index in [4.69, 9.17) is 15.0 Å². The molecule has 0 aromatic heterocycles. The zero-order chi connectivity index (χ0) is 3.58. The second-order valence-electron chi connectivity index (χ2n) is 0.250. The van der Waals surface area contributed by atoms with Crippen molar-refractivity contribution in [1.29, 1.82) is 0 Å². The summed E-state index contributed by atoms with van der Waals surface area (Å²) in [7, 11) is 0. The smallest absolute Gasteiger partial charge is 0.870 e. The molecule has 0 amide bonds. The van der Waals surface area contributed by atoms with Gasteiger partial charge < -0.3 is 20.5 Å². The molecule has 0 aliphatic heterocycles. The van der Waals surface area contributed by atoms with Crippen LogP contribution in [0.25, 0.3) is 0 Å². The Hall–Kier alpha value is 0.490. The standard InChI is InChI=1S/CH2O3.Ca.H2O/c2-1(3)4;;/h(H2,2,3,4);;1H2/q;+2;/p-3. The maximum Gasteiger partial charge on any atom is 2.00 e. The molecule has 0 spiro atoms. The van der Waals surface area contributed by atoms with Crippen LogP contribution in [0, 0.1) is 0 Å². The Balaban J connectivity index is -0.0000000450. The van der Waals surface area contributed by atoms with Crippen molar-refractivity contribution in [3.63, 3.8) is 0 Å². The molecule has 0 radical (unpaired) electrons. The Bertz CT molecular complexity index is 30.5. The van der Waals surface area contributed by atoms with E-state index in [0.717, 1.165) is 0 Å². The van der Waals surface area contributed by atoms with Crippen molar-refractivity contribution in [3.8, 4) is 0 Å². The fourth-order valence-electron chi connectivity index (χ4n) is 0. The summed E-state index contributed by atoms with van der Waals surface area (Å²) in [4.78, 5) is 8.33. The minimum atomic E-state index is -2.33. The summed E-state index contributed by atoms with van der Waals surface area (Å²) < 4.78 is 0. The van der Waals surface area contributed by atoms with Crippen molar-refractivity contribution in [3.05, 3.63) is 0 Å². The van der Waals surface area contributed by atoms with Gasteiger partial charge in [-0.1, -0.05) is 0 Å². The number of carboxylic acid groups (broad SMARTS) is 2. The Morgan fingerprint density at radius 3 is 1.33 bits per heavy atom. The molecule has 5 heteroatoms. The number of hydrogen-bond acceptors (Lipinski definition) is 4. The van der Waals surface area contributed by atoms with E-state index >= 15 is 0 Å². The fraction of sp³-hybridized carbons (Fsp3) is 0. The van der Waals surface area contributed by atoms with E-state index in [9.17, 15) is 0 Å². The van der Waals surface area contributed by atoms with Crippen LogP contribution in [-0.4, -0.2) is 49.4 Å². The van der Waals surface area contributed by atoms with Crippen molar-refractivity contribution in [2.75, 3.05) is 0 Å². The zero-order valence-corrected chi connectivity index (χ0v) is 5.09. The molecule has 0 aromatic carbocycles. The Labute approximate surface area is 64.1 Å². The van der Waals surface area contributed by atoms with E-state index in [1.54, 1.807) is 0 Å². The molecule has 0 rings (SSSR count). The molecule has 1 N–H and O–H groups in total. The number of carbonyl (C=O) groups excluding carboxylic acids is 1. The van der Waals surface area contributed by atoms with Crippen LogP contribution in [0.2, 0.25) is 0 Å². The molecule has 4 nitrogen and oxygen atoms in total. The van der Waals surface area contributed by atoms with Crippen molar-refractivity contribution in [2.45, 2.75) is 0 Å². The minimum absolute atomic E-state index is 0. The summed E-state index contributed by atoms with van der Waals surface area (Å²) in [6.07, 6.45) is -2.33. The van der Waals surface area contributed by atoms with Crippen LogP contribution in [0.5, 0.6) is 0 Å². The van der Waals surface area contributed by atoms with Crippen LogP contribution < -0.4 is 10.2 Å². The molecule has 0 saturated heterocycles. The Morgan fingerprint density at radius 2 is 1.33 bits per heavy atom. The fourth-order valence-corrected chi connectivity index (χ4v) is 0. The first kappa shape index (κ1) is 16.1. The molecule has 0 heterocycles. The summed E-state index contributed by atoms with van der Waals surface area (Å²) in [5, 5.41) is 16.7. The van der Waals surface area contributed by atoms with Crippen molar-refractivity contribution in [2.24, 2.45) is 0 Å². The molecule has 6 heavy (non-hydrogen) atoms. The molecule has 0 unspecified atom stereocenters. The SMILES string of the molecule is O=C([O-])[O-].[Ca+2].[OH-]. The van der Waals surface area contributed by atoms with Gasteiger partial charge >= 0.3 is 37.7 Å². The monoisotopic (exact) mass is 117 g/mol. The topological polar surface area (TPSA) is 93.2 Å². The second kappa shape index (κ2) is 9.09. The average molecular weight is 117 g/mol. The van der Waals surface area contributed by atoms with Crippen molar-refractivity contribution in [1.82, 2.24) is 0 Å². The largest absolute Gasteiger partial charge is 2.00 e. The second-order valence-corrected chi connectivity index (χ2v) is 0.250. The van der Waals surface area contributed by atoms with Gasteiger partial charge in [0, 0.05) is 0 Å². The van der Waals surface area contributed by atoms with Crippen LogP contribution in [0.4, 0.5) is 4.79 Å². The minimum Gasteiger partial charge on any atom is -0.870 e. The molecule has 0 aliphatic rings. The summed E-state index contributed by atoms with van der Waals surface area (Å²) in [6.45, 7) is 0. The van der Waals surface area contributed by atoms with Gasteiger partial charge in [0.15, 0.2) is 0 Å². The van der Waals surface area contributed by atoms with E-state index in [2.05, 4.69) is 0 Å². The van der Waals surface area contributed by atoms with Gasteiger partial charge in [-0.2, -0.15) is 0 Å². The van der Waals surface area contributed by atoms with E-state index in [0.29, 0.717) is 0 Å². The third-order valence-corrected chi connectivity index (χ3v) is 0. The van der Waals surface area contributed by atoms with E-state index in [-0.39, 0.29) is 43.2 Å². The maximum atomic E-state index is 8.33. The Morgan fingerprint density at radius 1 is 1.33 bits per heavy atom. The van der Waals surface area contributed by atoms with Gasteiger partial charge in [-0.3, -0.25) is 0 Å². The number of carbonyl (C=O) groups is 1. The molecule has 0 bridgehead atoms. The van der Waals surface area contributed by atoms with Gasteiger partial charge in [-0.15, -0.1) is 0 Å². The Kier molecular flexibility index (Phi) is 24.3. The molecular formula is CHCaO4-. The van der Waals surface area contributed by atoms with Crippen LogP contribution in [0.15, 0.2) is 0 Å². The summed E-state index contributed by atoms with van der Waals surface area (Å²) in [5.41, 5.74) is 0. The van der Waals surface area contributed by atoms with Gasteiger partial charge in [0.25, 0.3) is 0 Å². The van der Waals surface area contributed by atoms with Crippen molar-refractivity contribution >= 4 is 43.9 Å². The van der Waals surface area contributed by atoms with Gasteiger partial charge in [0.2, 0.25) is 0 Å². The van der Waals surface area contributed by atoms with E-state index in [1.165, 1.54) is 0 Å². The molecule has 0 saturated carbocycles. The van der Waals surface area contributed by atoms with Crippen molar-refractivity contribution < 1.29 is 20.5 Å². The summed E-state index contributed by atoms with van der Waals surface area (Å²) in [5.74, 6) is 0. The van der Waals surface area contributed by atoms with E-state index in [1.807, 2.05) is 0 Å². The van der Waals surface area contributed by atoms with Gasteiger partial charge in [-0.05, 0) is 6.16 Å². The normalized spacial score (nSPS) is 4.00. The molecule has 0 fully saturated rings. The first-order valence-electron chi connectivity index (χ1n) is 0.612.